The molecular formula is C12H20N2OS. The second-order valence-corrected chi connectivity index (χ2v) is 4.99. The lowest BCUT2D eigenvalue weighted by Gasteiger charge is -2.26. The summed E-state index contributed by atoms with van der Waals surface area (Å²) in [5.41, 5.74) is 0.856. The lowest BCUT2D eigenvalue weighted by atomic mass is 10.2. The van der Waals surface area contributed by atoms with Gasteiger partial charge in [-0.2, -0.15) is 0 Å². The SMILES string of the molecule is CCC(C)N(CC)c1nc(C)c(C(C)=O)s1. The smallest absolute Gasteiger partial charge is 0.186 e. The van der Waals surface area contributed by atoms with Crippen LogP contribution in [0.2, 0.25) is 0 Å². The summed E-state index contributed by atoms with van der Waals surface area (Å²) < 4.78 is 0. The van der Waals surface area contributed by atoms with E-state index in [2.05, 4.69) is 30.7 Å². The number of hydrogen-bond donors (Lipinski definition) is 0. The van der Waals surface area contributed by atoms with Crippen molar-refractivity contribution in [3.05, 3.63) is 10.6 Å². The predicted octanol–water partition coefficient (Wildman–Crippen LogP) is 3.28. The summed E-state index contributed by atoms with van der Waals surface area (Å²) in [6.45, 7) is 10.9. The van der Waals surface area contributed by atoms with E-state index in [1.165, 1.54) is 11.3 Å². The zero-order valence-electron chi connectivity index (χ0n) is 10.7. The fraction of sp³-hybridized carbons (Fsp3) is 0.667. The Hall–Kier alpha value is -0.900. The van der Waals surface area contributed by atoms with Crippen LogP contribution in [-0.4, -0.2) is 23.4 Å². The number of ketones is 1. The highest BCUT2D eigenvalue weighted by Gasteiger charge is 2.18. The lowest BCUT2D eigenvalue weighted by Crippen LogP contribution is -2.32. The molecule has 0 saturated carbocycles. The Labute approximate surface area is 101 Å². The van der Waals surface area contributed by atoms with Crippen LogP contribution in [0, 0.1) is 6.92 Å². The average Bonchev–Trinajstić information content (AvgIpc) is 2.61. The highest BCUT2D eigenvalue weighted by Crippen LogP contribution is 2.28. The van der Waals surface area contributed by atoms with Crippen LogP contribution in [0.3, 0.4) is 0 Å². The number of nitrogens with zero attached hydrogens (tertiary/aromatic N) is 2. The molecule has 0 saturated heterocycles. The van der Waals surface area contributed by atoms with Crippen LogP contribution >= 0.6 is 11.3 Å². The third-order valence-corrected chi connectivity index (χ3v) is 4.11. The first-order valence-corrected chi connectivity index (χ1v) is 6.57. The number of thiazole rings is 1. The van der Waals surface area contributed by atoms with Crippen molar-refractivity contribution in [3.8, 4) is 0 Å². The second kappa shape index (κ2) is 5.43. The van der Waals surface area contributed by atoms with Gasteiger partial charge in [-0.1, -0.05) is 18.3 Å². The maximum absolute atomic E-state index is 11.4. The molecule has 0 spiro atoms. The van der Waals surface area contributed by atoms with Crippen LogP contribution in [0.4, 0.5) is 5.13 Å². The van der Waals surface area contributed by atoms with Gasteiger partial charge in [0.15, 0.2) is 10.9 Å². The number of aromatic nitrogens is 1. The monoisotopic (exact) mass is 240 g/mol. The van der Waals surface area contributed by atoms with Crippen molar-refractivity contribution in [2.45, 2.75) is 47.1 Å². The van der Waals surface area contributed by atoms with Crippen LogP contribution in [0.1, 0.15) is 49.5 Å². The van der Waals surface area contributed by atoms with E-state index in [1.54, 1.807) is 6.92 Å². The predicted molar refractivity (Wildman–Crippen MR) is 69.6 cm³/mol. The fourth-order valence-corrected chi connectivity index (χ4v) is 2.82. The lowest BCUT2D eigenvalue weighted by molar-refractivity contribution is 0.102. The van der Waals surface area contributed by atoms with Gasteiger partial charge in [-0.05, 0) is 27.2 Å². The Morgan fingerprint density at radius 3 is 2.50 bits per heavy atom. The molecule has 1 atom stereocenters. The first-order chi connectivity index (χ1) is 7.51. The first kappa shape index (κ1) is 13.2. The summed E-state index contributed by atoms with van der Waals surface area (Å²) in [6.07, 6.45) is 1.09. The molecule has 3 nitrogen and oxygen atoms in total. The molecule has 1 rings (SSSR count). The van der Waals surface area contributed by atoms with Crippen molar-refractivity contribution in [1.82, 2.24) is 4.98 Å². The molecule has 0 amide bonds. The minimum absolute atomic E-state index is 0.112. The number of anilines is 1. The van der Waals surface area contributed by atoms with Crippen LogP contribution in [0.15, 0.2) is 0 Å². The Balaban J connectivity index is 3.03. The average molecular weight is 240 g/mol. The van der Waals surface area contributed by atoms with E-state index in [0.717, 1.165) is 28.7 Å². The number of carbonyl (C=O) groups excluding carboxylic acids is 1. The van der Waals surface area contributed by atoms with Gasteiger partial charge >= 0.3 is 0 Å². The number of Topliss-reactive ketones (excluding diaryl/α,β-unsaturated/α-hetero) is 1. The highest BCUT2D eigenvalue weighted by molar-refractivity contribution is 7.17. The molecule has 16 heavy (non-hydrogen) atoms. The Bertz CT molecular complexity index is 373. The summed E-state index contributed by atoms with van der Waals surface area (Å²) in [5.74, 6) is 0.112. The van der Waals surface area contributed by atoms with Gasteiger partial charge in [0.1, 0.15) is 0 Å². The summed E-state index contributed by atoms with van der Waals surface area (Å²) in [7, 11) is 0. The molecule has 0 aliphatic heterocycles. The van der Waals surface area contributed by atoms with Crippen LogP contribution in [0.25, 0.3) is 0 Å². The Morgan fingerprint density at radius 1 is 1.50 bits per heavy atom. The molecule has 0 fully saturated rings. The van der Waals surface area contributed by atoms with Gasteiger partial charge in [-0.15, -0.1) is 0 Å². The summed E-state index contributed by atoms with van der Waals surface area (Å²) in [5, 5.41) is 0.972. The molecule has 4 heteroatoms. The van der Waals surface area contributed by atoms with Gasteiger partial charge < -0.3 is 4.90 Å². The van der Waals surface area contributed by atoms with Gasteiger partial charge in [0.2, 0.25) is 0 Å². The largest absolute Gasteiger partial charge is 0.346 e. The van der Waals surface area contributed by atoms with Gasteiger partial charge in [0.25, 0.3) is 0 Å². The van der Waals surface area contributed by atoms with Crippen LogP contribution in [-0.2, 0) is 0 Å². The molecule has 1 aromatic heterocycles. The van der Waals surface area contributed by atoms with Crippen molar-refractivity contribution in [3.63, 3.8) is 0 Å². The van der Waals surface area contributed by atoms with E-state index in [-0.39, 0.29) is 5.78 Å². The number of carbonyl (C=O) groups is 1. The Morgan fingerprint density at radius 2 is 2.12 bits per heavy atom. The van der Waals surface area contributed by atoms with Crippen LogP contribution in [0.5, 0.6) is 0 Å². The third-order valence-electron chi connectivity index (χ3n) is 2.81. The second-order valence-electron chi connectivity index (χ2n) is 4.01. The minimum Gasteiger partial charge on any atom is -0.346 e. The van der Waals surface area contributed by atoms with Gasteiger partial charge in [0, 0.05) is 19.5 Å². The number of aryl methyl sites for hydroxylation is 1. The molecule has 0 bridgehead atoms. The Kier molecular flexibility index (Phi) is 4.47. The zero-order chi connectivity index (χ0) is 12.3. The van der Waals surface area contributed by atoms with Crippen molar-refractivity contribution in [2.75, 3.05) is 11.4 Å². The van der Waals surface area contributed by atoms with Gasteiger partial charge in [-0.3, -0.25) is 4.79 Å². The van der Waals surface area contributed by atoms with E-state index in [9.17, 15) is 4.79 Å². The molecule has 0 aliphatic carbocycles. The van der Waals surface area contributed by atoms with Crippen molar-refractivity contribution in [2.24, 2.45) is 0 Å². The van der Waals surface area contributed by atoms with E-state index in [1.807, 2.05) is 6.92 Å². The normalized spacial score (nSPS) is 12.6. The van der Waals surface area contributed by atoms with Crippen molar-refractivity contribution >= 4 is 22.3 Å². The van der Waals surface area contributed by atoms with Gasteiger partial charge in [0.05, 0.1) is 10.6 Å². The van der Waals surface area contributed by atoms with E-state index < -0.39 is 0 Å². The van der Waals surface area contributed by atoms with E-state index in [0.29, 0.717) is 6.04 Å². The molecule has 0 N–H and O–H groups in total. The molecule has 1 heterocycles. The fourth-order valence-electron chi connectivity index (χ4n) is 1.69. The maximum Gasteiger partial charge on any atom is 0.186 e. The quantitative estimate of drug-likeness (QED) is 0.741. The topological polar surface area (TPSA) is 33.2 Å². The summed E-state index contributed by atoms with van der Waals surface area (Å²) in [6, 6.07) is 0.468. The molecule has 1 unspecified atom stereocenters. The molecule has 0 aromatic carbocycles. The molecule has 0 aliphatic rings. The molecule has 90 valence electrons. The third kappa shape index (κ3) is 2.61. The first-order valence-electron chi connectivity index (χ1n) is 5.76. The molecule has 0 radical (unpaired) electrons. The highest BCUT2D eigenvalue weighted by atomic mass is 32.1. The standard InChI is InChI=1S/C12H20N2OS/c1-6-8(3)14(7-2)12-13-9(4)11(16-12)10(5)15/h8H,6-7H2,1-5H3. The minimum atomic E-state index is 0.112. The molecular weight excluding hydrogens is 220 g/mol. The molecule has 1 aromatic rings. The van der Waals surface area contributed by atoms with Crippen molar-refractivity contribution in [1.29, 1.82) is 0 Å². The number of hydrogen-bond acceptors (Lipinski definition) is 4. The van der Waals surface area contributed by atoms with E-state index >= 15 is 0 Å². The van der Waals surface area contributed by atoms with E-state index in [4.69, 9.17) is 0 Å². The number of rotatable bonds is 5. The maximum atomic E-state index is 11.4. The summed E-state index contributed by atoms with van der Waals surface area (Å²) >= 11 is 1.51. The van der Waals surface area contributed by atoms with Crippen molar-refractivity contribution < 1.29 is 4.79 Å². The summed E-state index contributed by atoms with van der Waals surface area (Å²) in [4.78, 5) is 18.9. The van der Waals surface area contributed by atoms with Crippen LogP contribution < -0.4 is 4.90 Å². The van der Waals surface area contributed by atoms with Gasteiger partial charge in [-0.25, -0.2) is 4.98 Å². The zero-order valence-corrected chi connectivity index (χ0v) is 11.5.